The van der Waals surface area contributed by atoms with E-state index < -0.39 is 0 Å². The number of fused-ring (bicyclic) bond motifs is 1. The minimum Gasteiger partial charge on any atom is -0.379 e. The van der Waals surface area contributed by atoms with Gasteiger partial charge >= 0.3 is 0 Å². The van der Waals surface area contributed by atoms with Crippen molar-refractivity contribution in [2.75, 3.05) is 18.4 Å². The summed E-state index contributed by atoms with van der Waals surface area (Å²) in [5.41, 5.74) is 4.34. The van der Waals surface area contributed by atoms with E-state index >= 15 is 0 Å². The Bertz CT molecular complexity index is 821. The van der Waals surface area contributed by atoms with Crippen molar-refractivity contribution in [3.05, 3.63) is 59.4 Å². The maximum absolute atomic E-state index is 12.5. The summed E-state index contributed by atoms with van der Waals surface area (Å²) in [6.07, 6.45) is 3.58. The molecule has 3 heterocycles. The summed E-state index contributed by atoms with van der Waals surface area (Å²) in [6, 6.07) is 14.5. The second kappa shape index (κ2) is 7.69. The van der Waals surface area contributed by atoms with E-state index in [0.717, 1.165) is 61.5 Å². The number of rotatable bonds is 2. The van der Waals surface area contributed by atoms with Gasteiger partial charge in [-0.05, 0) is 56.5 Å². The monoisotopic (exact) mass is 364 g/mol. The summed E-state index contributed by atoms with van der Waals surface area (Å²) >= 11 is 0. The minimum atomic E-state index is -0.171. The maximum Gasteiger partial charge on any atom is 0.222 e. The number of aromatic nitrogens is 1. The van der Waals surface area contributed by atoms with Gasteiger partial charge in [0.05, 0.1) is 5.69 Å². The summed E-state index contributed by atoms with van der Waals surface area (Å²) in [7, 11) is 0. The molecule has 1 fully saturated rings. The summed E-state index contributed by atoms with van der Waals surface area (Å²) in [4.78, 5) is 19.6. The molecule has 2 aromatic rings. The number of benzene rings is 1. The predicted octanol–water partition coefficient (Wildman–Crippen LogP) is 3.25. The first-order valence-corrected chi connectivity index (χ1v) is 9.90. The van der Waals surface area contributed by atoms with Crippen LogP contribution in [0.1, 0.15) is 42.6 Å². The number of aryl methyl sites for hydroxylation is 1. The molecule has 5 nitrogen and oxygen atoms in total. The largest absolute Gasteiger partial charge is 0.379 e. The molecule has 1 spiro atoms. The number of amides is 1. The van der Waals surface area contributed by atoms with Crippen LogP contribution >= 0.6 is 0 Å². The first kappa shape index (κ1) is 18.0. The summed E-state index contributed by atoms with van der Waals surface area (Å²) in [6.45, 7) is 5.53. The van der Waals surface area contributed by atoms with Crippen LogP contribution in [0, 0.1) is 6.92 Å². The van der Waals surface area contributed by atoms with E-state index in [1.54, 1.807) is 0 Å². The van der Waals surface area contributed by atoms with Crippen LogP contribution in [-0.2, 0) is 17.9 Å². The first-order valence-electron chi connectivity index (χ1n) is 9.90. The van der Waals surface area contributed by atoms with Crippen molar-refractivity contribution in [1.82, 2.24) is 15.2 Å². The number of carbonyl (C=O) groups excluding carboxylic acids is 1. The smallest absolute Gasteiger partial charge is 0.222 e. The van der Waals surface area contributed by atoms with Crippen molar-refractivity contribution in [1.29, 1.82) is 0 Å². The zero-order valence-electron chi connectivity index (χ0n) is 16.0. The quantitative estimate of drug-likeness (QED) is 0.859. The van der Waals surface area contributed by atoms with Crippen molar-refractivity contribution < 1.29 is 4.79 Å². The Morgan fingerprint density at radius 3 is 2.89 bits per heavy atom. The fourth-order valence-electron chi connectivity index (χ4n) is 4.32. The lowest BCUT2D eigenvalue weighted by molar-refractivity contribution is -0.122. The van der Waals surface area contributed by atoms with Crippen molar-refractivity contribution >= 4 is 11.6 Å². The number of para-hydroxylation sites is 1. The van der Waals surface area contributed by atoms with E-state index in [-0.39, 0.29) is 11.4 Å². The number of hydrogen-bond acceptors (Lipinski definition) is 4. The Hall–Kier alpha value is -2.40. The lowest BCUT2D eigenvalue weighted by atomic mass is 9.85. The van der Waals surface area contributed by atoms with Gasteiger partial charge in [-0.15, -0.1) is 0 Å². The molecule has 1 aromatic heterocycles. The highest BCUT2D eigenvalue weighted by molar-refractivity contribution is 5.79. The normalized spacial score (nSPS) is 23.5. The molecule has 4 rings (SSSR count). The van der Waals surface area contributed by atoms with Gasteiger partial charge in [0.25, 0.3) is 0 Å². The maximum atomic E-state index is 12.5. The summed E-state index contributed by atoms with van der Waals surface area (Å²) in [5, 5.41) is 6.86. The van der Waals surface area contributed by atoms with Gasteiger partial charge in [0.15, 0.2) is 0 Å². The molecular formula is C22H28N4O. The van der Waals surface area contributed by atoms with Gasteiger partial charge in [-0.2, -0.15) is 0 Å². The highest BCUT2D eigenvalue weighted by atomic mass is 16.1. The number of carbonyl (C=O) groups is 1. The predicted molar refractivity (Wildman–Crippen MR) is 107 cm³/mol. The summed E-state index contributed by atoms with van der Waals surface area (Å²) < 4.78 is 0. The van der Waals surface area contributed by atoms with Gasteiger partial charge in [0.2, 0.25) is 5.91 Å². The highest BCUT2D eigenvalue weighted by Gasteiger charge is 2.36. The van der Waals surface area contributed by atoms with Crippen LogP contribution in [0.25, 0.3) is 0 Å². The van der Waals surface area contributed by atoms with Crippen LogP contribution in [0.3, 0.4) is 0 Å². The lowest BCUT2D eigenvalue weighted by Crippen LogP contribution is -2.46. The number of nitrogens with zero attached hydrogens (tertiary/aromatic N) is 2. The molecule has 1 saturated heterocycles. The van der Waals surface area contributed by atoms with Crippen LogP contribution in [0.2, 0.25) is 0 Å². The Balaban J connectivity index is 1.51. The average molecular weight is 364 g/mol. The van der Waals surface area contributed by atoms with Crippen LogP contribution in [-0.4, -0.2) is 34.4 Å². The third-order valence-electron chi connectivity index (χ3n) is 5.76. The van der Waals surface area contributed by atoms with Gasteiger partial charge in [-0.1, -0.05) is 24.3 Å². The van der Waals surface area contributed by atoms with Gasteiger partial charge in [0.1, 0.15) is 0 Å². The van der Waals surface area contributed by atoms with Crippen molar-refractivity contribution in [2.45, 2.75) is 51.2 Å². The molecule has 2 aliphatic heterocycles. The SMILES string of the molecule is Cc1cccc(CN2CCCC3(CC2)CC(=O)NCc2ccccc2N3)n1. The van der Waals surface area contributed by atoms with Gasteiger partial charge in [0, 0.05) is 43.0 Å². The lowest BCUT2D eigenvalue weighted by Gasteiger charge is -2.37. The molecule has 0 saturated carbocycles. The van der Waals surface area contributed by atoms with Gasteiger partial charge < -0.3 is 10.6 Å². The molecule has 142 valence electrons. The van der Waals surface area contributed by atoms with Crippen LogP contribution in [0.4, 0.5) is 5.69 Å². The van der Waals surface area contributed by atoms with E-state index in [1.165, 1.54) is 0 Å². The molecule has 0 aliphatic carbocycles. The van der Waals surface area contributed by atoms with Gasteiger partial charge in [-0.3, -0.25) is 14.7 Å². The topological polar surface area (TPSA) is 57.3 Å². The molecular weight excluding hydrogens is 336 g/mol. The Kier molecular flexibility index (Phi) is 5.12. The van der Waals surface area contributed by atoms with E-state index in [9.17, 15) is 4.79 Å². The molecule has 1 atom stereocenters. The van der Waals surface area contributed by atoms with Crippen molar-refractivity contribution in [3.8, 4) is 0 Å². The molecule has 0 bridgehead atoms. The van der Waals surface area contributed by atoms with Crippen molar-refractivity contribution in [3.63, 3.8) is 0 Å². The van der Waals surface area contributed by atoms with E-state index in [0.29, 0.717) is 13.0 Å². The molecule has 1 aromatic carbocycles. The fraction of sp³-hybridized carbons (Fsp3) is 0.455. The van der Waals surface area contributed by atoms with E-state index in [2.05, 4.69) is 50.8 Å². The Morgan fingerprint density at radius 2 is 2.00 bits per heavy atom. The number of nitrogens with one attached hydrogen (secondary N) is 2. The highest BCUT2D eigenvalue weighted by Crippen LogP contribution is 2.33. The summed E-state index contributed by atoms with van der Waals surface area (Å²) in [5.74, 6) is 0.144. The second-order valence-corrected chi connectivity index (χ2v) is 7.92. The molecule has 27 heavy (non-hydrogen) atoms. The second-order valence-electron chi connectivity index (χ2n) is 7.92. The minimum absolute atomic E-state index is 0.144. The van der Waals surface area contributed by atoms with Crippen molar-refractivity contribution in [2.24, 2.45) is 0 Å². The van der Waals surface area contributed by atoms with Crippen LogP contribution < -0.4 is 10.6 Å². The molecule has 2 aliphatic rings. The number of pyridine rings is 1. The van der Waals surface area contributed by atoms with Crippen LogP contribution in [0.5, 0.6) is 0 Å². The number of anilines is 1. The third kappa shape index (κ3) is 4.30. The fourth-order valence-corrected chi connectivity index (χ4v) is 4.32. The standard InChI is InChI=1S/C22H28N4O/c1-17-6-4-8-19(24-17)16-26-12-5-10-22(11-13-26)14-21(27)23-15-18-7-2-3-9-20(18)25-22/h2-4,6-9,25H,5,10-16H2,1H3,(H,23,27). The molecule has 1 unspecified atom stereocenters. The van der Waals surface area contributed by atoms with E-state index in [1.807, 2.05) is 19.1 Å². The van der Waals surface area contributed by atoms with Gasteiger partial charge in [-0.25, -0.2) is 0 Å². The molecule has 5 heteroatoms. The zero-order valence-corrected chi connectivity index (χ0v) is 16.0. The molecule has 0 radical (unpaired) electrons. The first-order chi connectivity index (χ1) is 13.1. The molecule has 1 amide bonds. The Labute approximate surface area is 161 Å². The van der Waals surface area contributed by atoms with E-state index in [4.69, 9.17) is 0 Å². The van der Waals surface area contributed by atoms with Crippen LogP contribution in [0.15, 0.2) is 42.5 Å². The molecule has 2 N–H and O–H groups in total. The average Bonchev–Trinajstić information content (AvgIpc) is 2.82. The number of hydrogen-bond donors (Lipinski definition) is 2. The third-order valence-corrected chi connectivity index (χ3v) is 5.76. The Morgan fingerprint density at radius 1 is 1.11 bits per heavy atom. The zero-order chi connectivity index (χ0) is 18.7. The number of likely N-dealkylation sites (tertiary alicyclic amines) is 1.